The van der Waals surface area contributed by atoms with Crippen LogP contribution in [0, 0.1) is 6.92 Å². The van der Waals surface area contributed by atoms with E-state index in [0.717, 1.165) is 16.8 Å². The van der Waals surface area contributed by atoms with E-state index in [4.69, 9.17) is 17.0 Å². The summed E-state index contributed by atoms with van der Waals surface area (Å²) in [6.45, 7) is 3.52. The predicted molar refractivity (Wildman–Crippen MR) is 124 cm³/mol. The Kier molecular flexibility index (Phi) is 6.04. The van der Waals surface area contributed by atoms with Crippen molar-refractivity contribution in [2.75, 3.05) is 25.2 Å². The molecule has 0 aliphatic carbocycles. The molecule has 0 aromatic heterocycles. The number of rotatable bonds is 6. The number of thiocarbonyl (C=S) groups is 1. The molecule has 0 saturated carbocycles. The van der Waals surface area contributed by atoms with E-state index < -0.39 is 0 Å². The Balaban J connectivity index is 1.69. The maximum Gasteiger partial charge on any atom is 0.267 e. The Hall–Kier alpha value is -2.48. The van der Waals surface area contributed by atoms with Crippen LogP contribution >= 0.6 is 24.0 Å². The highest BCUT2D eigenvalue weighted by atomic mass is 32.2. The topological polar surface area (TPSA) is 49.9 Å². The van der Waals surface area contributed by atoms with Gasteiger partial charge in [0.15, 0.2) is 0 Å². The van der Waals surface area contributed by atoms with Crippen LogP contribution in [-0.4, -0.2) is 41.3 Å². The van der Waals surface area contributed by atoms with Crippen molar-refractivity contribution in [3.05, 3.63) is 70.1 Å². The lowest BCUT2D eigenvalue weighted by molar-refractivity contribution is -0.122. The van der Waals surface area contributed by atoms with Gasteiger partial charge in [0.25, 0.3) is 11.8 Å². The third kappa shape index (κ3) is 3.80. The van der Waals surface area contributed by atoms with Crippen molar-refractivity contribution in [1.29, 1.82) is 0 Å². The third-order valence-corrected chi connectivity index (χ3v) is 6.64. The normalized spacial score (nSPS) is 18.5. The van der Waals surface area contributed by atoms with Gasteiger partial charge in [0, 0.05) is 25.8 Å². The van der Waals surface area contributed by atoms with E-state index in [1.165, 1.54) is 17.3 Å². The molecule has 0 radical (unpaired) electrons. The molecule has 7 heteroatoms. The van der Waals surface area contributed by atoms with Crippen LogP contribution in [0.1, 0.15) is 23.1 Å². The molecule has 2 aliphatic rings. The number of benzene rings is 2. The van der Waals surface area contributed by atoms with Gasteiger partial charge in [-0.25, -0.2) is 0 Å². The van der Waals surface area contributed by atoms with Gasteiger partial charge < -0.3 is 9.64 Å². The zero-order valence-corrected chi connectivity index (χ0v) is 18.5. The zero-order chi connectivity index (χ0) is 21.3. The molecule has 2 aromatic carbocycles. The van der Waals surface area contributed by atoms with Crippen LogP contribution in [0.4, 0.5) is 5.69 Å². The second-order valence-corrected chi connectivity index (χ2v) is 8.91. The molecule has 0 atom stereocenters. The van der Waals surface area contributed by atoms with Crippen molar-refractivity contribution in [1.82, 2.24) is 4.90 Å². The number of hydrogen-bond donors (Lipinski definition) is 0. The molecular weight excluding hydrogens is 416 g/mol. The van der Waals surface area contributed by atoms with Crippen molar-refractivity contribution in [2.45, 2.75) is 19.9 Å². The Morgan fingerprint density at radius 1 is 1.00 bits per heavy atom. The van der Waals surface area contributed by atoms with Crippen LogP contribution in [0.2, 0.25) is 0 Å². The molecule has 154 valence electrons. The van der Waals surface area contributed by atoms with E-state index >= 15 is 0 Å². The number of carbonyl (C=O) groups excluding carboxylic acids is 2. The molecule has 2 aliphatic heterocycles. The zero-order valence-electron chi connectivity index (χ0n) is 16.9. The molecular formula is C23H22N2O3S2. The minimum absolute atomic E-state index is 0.158. The number of carbonyl (C=O) groups is 2. The smallest absolute Gasteiger partial charge is 0.267 e. The van der Waals surface area contributed by atoms with Gasteiger partial charge in [0.05, 0.1) is 22.7 Å². The lowest BCUT2D eigenvalue weighted by Gasteiger charge is -2.17. The lowest BCUT2D eigenvalue weighted by atomic mass is 10.1. The maximum atomic E-state index is 13.5. The number of anilines is 1. The fraction of sp³-hybridized carbons (Fsp3) is 0.261. The Morgan fingerprint density at radius 3 is 2.47 bits per heavy atom. The van der Waals surface area contributed by atoms with Gasteiger partial charge in [-0.2, -0.15) is 0 Å². The van der Waals surface area contributed by atoms with Crippen LogP contribution in [0.3, 0.4) is 0 Å². The first-order chi connectivity index (χ1) is 14.5. The quantitative estimate of drug-likeness (QED) is 0.385. The highest BCUT2D eigenvalue weighted by Crippen LogP contribution is 2.45. The highest BCUT2D eigenvalue weighted by Gasteiger charge is 2.41. The van der Waals surface area contributed by atoms with Gasteiger partial charge in [-0.1, -0.05) is 72.0 Å². The summed E-state index contributed by atoms with van der Waals surface area (Å²) in [6, 6.07) is 15.7. The number of amides is 2. The number of methoxy groups -OCH3 is 1. The summed E-state index contributed by atoms with van der Waals surface area (Å²) >= 11 is 6.65. The Labute approximate surface area is 185 Å². The summed E-state index contributed by atoms with van der Waals surface area (Å²) in [7, 11) is 1.63. The standard InChI is InChI=1S/C23H22N2O3S2/c1-15-8-10-16(11-9-15)14-25-18-7-4-3-6-17(18)19(21(25)26)20-22(27)24(23(29)30-20)12-5-13-28-2/h3-4,6-11H,5,12-14H2,1-2H3/b20-19+. The van der Waals surface area contributed by atoms with Crippen molar-refractivity contribution < 1.29 is 14.3 Å². The number of hydrogen-bond acceptors (Lipinski definition) is 5. The molecule has 5 nitrogen and oxygen atoms in total. The van der Waals surface area contributed by atoms with Gasteiger partial charge in [-0.3, -0.25) is 14.5 Å². The Morgan fingerprint density at radius 2 is 1.73 bits per heavy atom. The van der Waals surface area contributed by atoms with Gasteiger partial charge in [0.1, 0.15) is 4.32 Å². The number of para-hydroxylation sites is 1. The first-order valence-corrected chi connectivity index (χ1v) is 11.0. The minimum atomic E-state index is -0.198. The van der Waals surface area contributed by atoms with E-state index in [0.29, 0.717) is 40.9 Å². The minimum Gasteiger partial charge on any atom is -0.385 e. The number of aryl methyl sites for hydroxylation is 1. The molecule has 0 unspecified atom stereocenters. The molecule has 0 spiro atoms. The van der Waals surface area contributed by atoms with Crippen LogP contribution in [0.15, 0.2) is 53.4 Å². The van der Waals surface area contributed by atoms with Crippen LogP contribution in [0.5, 0.6) is 0 Å². The molecule has 0 N–H and O–H groups in total. The summed E-state index contributed by atoms with van der Waals surface area (Å²) in [6.07, 6.45) is 0.690. The van der Waals surface area contributed by atoms with Crippen molar-refractivity contribution >= 4 is 51.4 Å². The molecule has 2 aromatic rings. The average molecular weight is 439 g/mol. The van der Waals surface area contributed by atoms with Crippen LogP contribution < -0.4 is 4.90 Å². The van der Waals surface area contributed by atoms with Gasteiger partial charge in [-0.05, 0) is 25.0 Å². The monoisotopic (exact) mass is 438 g/mol. The van der Waals surface area contributed by atoms with Gasteiger partial charge >= 0.3 is 0 Å². The fourth-order valence-electron chi connectivity index (χ4n) is 3.64. The van der Waals surface area contributed by atoms with E-state index in [-0.39, 0.29) is 11.8 Å². The fourth-order valence-corrected chi connectivity index (χ4v) is 5.02. The molecule has 1 fully saturated rings. The van der Waals surface area contributed by atoms with Crippen LogP contribution in [-0.2, 0) is 20.9 Å². The molecule has 0 bridgehead atoms. The van der Waals surface area contributed by atoms with E-state index in [1.807, 2.05) is 55.5 Å². The molecule has 2 amide bonds. The summed E-state index contributed by atoms with van der Waals surface area (Å²) in [5.41, 5.74) is 4.26. The molecule has 30 heavy (non-hydrogen) atoms. The summed E-state index contributed by atoms with van der Waals surface area (Å²) in [5, 5.41) is 0. The lowest BCUT2D eigenvalue weighted by Crippen LogP contribution is -2.30. The third-order valence-electron chi connectivity index (χ3n) is 5.19. The highest BCUT2D eigenvalue weighted by molar-refractivity contribution is 8.26. The SMILES string of the molecule is COCCCN1C(=O)/C(=C2\C(=O)N(Cc3ccc(C)cc3)c3ccccc32)SC1=S. The van der Waals surface area contributed by atoms with Gasteiger partial charge in [0.2, 0.25) is 0 Å². The molecule has 2 heterocycles. The first-order valence-electron chi connectivity index (χ1n) is 9.75. The predicted octanol–water partition coefficient (Wildman–Crippen LogP) is 4.15. The van der Waals surface area contributed by atoms with E-state index in [1.54, 1.807) is 16.9 Å². The van der Waals surface area contributed by atoms with Gasteiger partial charge in [-0.15, -0.1) is 0 Å². The number of thioether (sulfide) groups is 1. The average Bonchev–Trinajstić information content (AvgIpc) is 3.17. The number of ether oxygens (including phenoxy) is 1. The summed E-state index contributed by atoms with van der Waals surface area (Å²) in [4.78, 5) is 30.3. The summed E-state index contributed by atoms with van der Waals surface area (Å²) in [5.74, 6) is -0.356. The van der Waals surface area contributed by atoms with Crippen LogP contribution in [0.25, 0.3) is 5.57 Å². The van der Waals surface area contributed by atoms with Crippen molar-refractivity contribution in [2.24, 2.45) is 0 Å². The maximum absolute atomic E-state index is 13.5. The molecule has 4 rings (SSSR count). The number of fused-ring (bicyclic) bond motifs is 1. The van der Waals surface area contributed by atoms with E-state index in [9.17, 15) is 9.59 Å². The second-order valence-electron chi connectivity index (χ2n) is 7.27. The number of nitrogens with zero attached hydrogens (tertiary/aromatic N) is 2. The first kappa shape index (κ1) is 20.8. The Bertz CT molecular complexity index is 1050. The molecule has 1 saturated heterocycles. The largest absolute Gasteiger partial charge is 0.385 e. The van der Waals surface area contributed by atoms with Crippen molar-refractivity contribution in [3.63, 3.8) is 0 Å². The van der Waals surface area contributed by atoms with E-state index in [2.05, 4.69) is 0 Å². The second kappa shape index (κ2) is 8.71. The van der Waals surface area contributed by atoms with Crippen molar-refractivity contribution in [3.8, 4) is 0 Å². The summed E-state index contributed by atoms with van der Waals surface area (Å²) < 4.78 is 5.57.